The van der Waals surface area contributed by atoms with Gasteiger partial charge in [0, 0.05) is 25.2 Å². The van der Waals surface area contributed by atoms with Gasteiger partial charge in [0.25, 0.3) is 0 Å². The summed E-state index contributed by atoms with van der Waals surface area (Å²) < 4.78 is 13.4. The van der Waals surface area contributed by atoms with Gasteiger partial charge in [0.15, 0.2) is 0 Å². The number of likely N-dealkylation sites (N-methyl/N-ethyl adjacent to an activating group) is 1. The first-order chi connectivity index (χ1) is 8.17. The lowest BCUT2D eigenvalue weighted by Crippen LogP contribution is -2.28. The molecule has 0 spiro atoms. The number of benzene rings is 1. The lowest BCUT2D eigenvalue weighted by Gasteiger charge is -2.14. The van der Waals surface area contributed by atoms with Crippen LogP contribution in [-0.2, 0) is 6.54 Å². The Morgan fingerprint density at radius 2 is 2.24 bits per heavy atom. The number of nitriles is 1. The first kappa shape index (κ1) is 13.6. The minimum absolute atomic E-state index is 0.264. The molecule has 1 N–H and O–H groups in total. The van der Waals surface area contributed by atoms with Crippen molar-refractivity contribution in [2.45, 2.75) is 13.5 Å². The van der Waals surface area contributed by atoms with E-state index in [0.29, 0.717) is 17.7 Å². The predicted octanol–water partition coefficient (Wildman–Crippen LogP) is 1.74. The molecule has 0 fully saturated rings. The van der Waals surface area contributed by atoms with Gasteiger partial charge in [-0.05, 0) is 31.8 Å². The van der Waals surface area contributed by atoms with Crippen molar-refractivity contribution in [3.8, 4) is 6.07 Å². The summed E-state index contributed by atoms with van der Waals surface area (Å²) in [5, 5.41) is 11.9. The number of nitrogens with zero attached hydrogens (tertiary/aromatic N) is 2. The third kappa shape index (κ3) is 4.51. The van der Waals surface area contributed by atoms with Gasteiger partial charge in [0.2, 0.25) is 0 Å². The van der Waals surface area contributed by atoms with Crippen LogP contribution < -0.4 is 5.32 Å². The van der Waals surface area contributed by atoms with Crippen molar-refractivity contribution in [2.75, 3.05) is 26.7 Å². The maximum Gasteiger partial charge on any atom is 0.127 e. The van der Waals surface area contributed by atoms with Gasteiger partial charge in [-0.3, -0.25) is 0 Å². The van der Waals surface area contributed by atoms with Crippen molar-refractivity contribution < 1.29 is 4.39 Å². The Morgan fingerprint density at radius 1 is 1.47 bits per heavy atom. The lowest BCUT2D eigenvalue weighted by atomic mass is 10.1. The molecule has 3 nitrogen and oxygen atoms in total. The maximum atomic E-state index is 13.4. The van der Waals surface area contributed by atoms with Crippen LogP contribution in [0.2, 0.25) is 0 Å². The van der Waals surface area contributed by atoms with E-state index in [0.717, 1.165) is 19.6 Å². The highest BCUT2D eigenvalue weighted by molar-refractivity contribution is 5.33. The van der Waals surface area contributed by atoms with E-state index in [2.05, 4.69) is 17.1 Å². The van der Waals surface area contributed by atoms with E-state index in [4.69, 9.17) is 5.26 Å². The molecule has 1 rings (SSSR count). The molecule has 0 bridgehead atoms. The van der Waals surface area contributed by atoms with E-state index in [1.54, 1.807) is 6.07 Å². The van der Waals surface area contributed by atoms with E-state index in [1.165, 1.54) is 12.1 Å². The summed E-state index contributed by atoms with van der Waals surface area (Å²) >= 11 is 0. The number of halogens is 1. The molecule has 0 unspecified atom stereocenters. The van der Waals surface area contributed by atoms with Crippen molar-refractivity contribution in [3.05, 3.63) is 35.1 Å². The topological polar surface area (TPSA) is 39.1 Å². The van der Waals surface area contributed by atoms with Gasteiger partial charge in [0.05, 0.1) is 11.6 Å². The summed E-state index contributed by atoms with van der Waals surface area (Å²) in [5.74, 6) is -0.264. The molecule has 0 atom stereocenters. The highest BCUT2D eigenvalue weighted by atomic mass is 19.1. The second kappa shape index (κ2) is 7.00. The van der Waals surface area contributed by atoms with Crippen LogP contribution in [0.4, 0.5) is 4.39 Å². The normalized spacial score (nSPS) is 10.5. The molecule has 0 saturated carbocycles. The summed E-state index contributed by atoms with van der Waals surface area (Å²) in [7, 11) is 2.04. The zero-order valence-corrected chi connectivity index (χ0v) is 10.3. The van der Waals surface area contributed by atoms with Crippen molar-refractivity contribution in [3.63, 3.8) is 0 Å². The Labute approximate surface area is 102 Å². The molecule has 0 aliphatic rings. The van der Waals surface area contributed by atoms with Crippen LogP contribution in [0, 0.1) is 17.1 Å². The summed E-state index contributed by atoms with van der Waals surface area (Å²) in [6.45, 7) is 5.28. The summed E-state index contributed by atoms with van der Waals surface area (Å²) in [4.78, 5) is 2.18. The van der Waals surface area contributed by atoms with E-state index in [9.17, 15) is 4.39 Å². The highest BCUT2D eigenvalue weighted by Crippen LogP contribution is 2.09. The molecule has 17 heavy (non-hydrogen) atoms. The van der Waals surface area contributed by atoms with Crippen LogP contribution in [0.15, 0.2) is 18.2 Å². The average molecular weight is 235 g/mol. The van der Waals surface area contributed by atoms with Crippen molar-refractivity contribution in [1.82, 2.24) is 10.2 Å². The average Bonchev–Trinajstić information content (AvgIpc) is 2.36. The summed E-state index contributed by atoms with van der Waals surface area (Å²) in [5.41, 5.74) is 1.04. The van der Waals surface area contributed by atoms with Gasteiger partial charge in [0.1, 0.15) is 5.82 Å². The zero-order chi connectivity index (χ0) is 12.7. The van der Waals surface area contributed by atoms with Crippen LogP contribution in [0.25, 0.3) is 0 Å². The van der Waals surface area contributed by atoms with Gasteiger partial charge < -0.3 is 10.2 Å². The van der Waals surface area contributed by atoms with Crippen LogP contribution in [-0.4, -0.2) is 31.6 Å². The van der Waals surface area contributed by atoms with Crippen molar-refractivity contribution >= 4 is 0 Å². The molecule has 4 heteroatoms. The predicted molar refractivity (Wildman–Crippen MR) is 66.0 cm³/mol. The first-order valence-corrected chi connectivity index (χ1v) is 5.75. The number of nitrogens with one attached hydrogen (secondary N) is 1. The van der Waals surface area contributed by atoms with E-state index >= 15 is 0 Å². The monoisotopic (exact) mass is 235 g/mol. The maximum absolute atomic E-state index is 13.4. The smallest absolute Gasteiger partial charge is 0.127 e. The first-order valence-electron chi connectivity index (χ1n) is 5.75. The van der Waals surface area contributed by atoms with Crippen LogP contribution in [0.3, 0.4) is 0 Å². The fourth-order valence-electron chi connectivity index (χ4n) is 1.43. The second-order valence-electron chi connectivity index (χ2n) is 3.99. The Bertz CT molecular complexity index is 398. The van der Waals surface area contributed by atoms with Gasteiger partial charge in [-0.25, -0.2) is 4.39 Å². The summed E-state index contributed by atoms with van der Waals surface area (Å²) in [6, 6.07) is 6.43. The van der Waals surface area contributed by atoms with Gasteiger partial charge in [-0.15, -0.1) is 0 Å². The van der Waals surface area contributed by atoms with Gasteiger partial charge in [-0.1, -0.05) is 6.92 Å². The van der Waals surface area contributed by atoms with Crippen LogP contribution in [0.5, 0.6) is 0 Å². The second-order valence-corrected chi connectivity index (χ2v) is 3.99. The molecule has 0 radical (unpaired) electrons. The Hall–Kier alpha value is -1.44. The van der Waals surface area contributed by atoms with E-state index < -0.39 is 0 Å². The van der Waals surface area contributed by atoms with Crippen LogP contribution in [0.1, 0.15) is 18.1 Å². The van der Waals surface area contributed by atoms with Crippen molar-refractivity contribution in [2.24, 2.45) is 0 Å². The molecule has 0 amide bonds. The molecular weight excluding hydrogens is 217 g/mol. The van der Waals surface area contributed by atoms with Gasteiger partial charge >= 0.3 is 0 Å². The minimum Gasteiger partial charge on any atom is -0.311 e. The number of hydrogen-bond donors (Lipinski definition) is 1. The minimum atomic E-state index is -0.264. The molecular formula is C13H18FN3. The molecule has 0 heterocycles. The third-order valence-electron chi connectivity index (χ3n) is 2.70. The van der Waals surface area contributed by atoms with Gasteiger partial charge in [-0.2, -0.15) is 5.26 Å². The molecule has 92 valence electrons. The standard InChI is InChI=1S/C13H18FN3/c1-3-17(2)7-6-16-10-12-8-11(9-15)4-5-13(12)14/h4-5,8,16H,3,6-7,10H2,1-2H3. The molecule has 0 aliphatic carbocycles. The third-order valence-corrected chi connectivity index (χ3v) is 2.70. The molecule has 0 aromatic heterocycles. The fourth-order valence-corrected chi connectivity index (χ4v) is 1.43. The SMILES string of the molecule is CCN(C)CCNCc1cc(C#N)ccc1F. The molecule has 0 aliphatic heterocycles. The van der Waals surface area contributed by atoms with E-state index in [-0.39, 0.29) is 5.82 Å². The number of hydrogen-bond acceptors (Lipinski definition) is 3. The highest BCUT2D eigenvalue weighted by Gasteiger charge is 2.03. The summed E-state index contributed by atoms with van der Waals surface area (Å²) in [6.07, 6.45) is 0. The largest absolute Gasteiger partial charge is 0.311 e. The Kier molecular flexibility index (Phi) is 5.61. The van der Waals surface area contributed by atoms with Crippen LogP contribution >= 0.6 is 0 Å². The zero-order valence-electron chi connectivity index (χ0n) is 10.3. The Balaban J connectivity index is 2.44. The van der Waals surface area contributed by atoms with Crippen molar-refractivity contribution in [1.29, 1.82) is 5.26 Å². The molecule has 1 aromatic rings. The molecule has 0 saturated heterocycles. The molecule has 1 aromatic carbocycles. The Morgan fingerprint density at radius 3 is 2.88 bits per heavy atom. The quantitative estimate of drug-likeness (QED) is 0.763. The fraction of sp³-hybridized carbons (Fsp3) is 0.462. The number of rotatable bonds is 6. The van der Waals surface area contributed by atoms with E-state index in [1.807, 2.05) is 13.1 Å². The lowest BCUT2D eigenvalue weighted by molar-refractivity contribution is 0.348.